The van der Waals surface area contributed by atoms with Crippen molar-refractivity contribution in [3.8, 4) is 0 Å². The van der Waals surface area contributed by atoms with Crippen LogP contribution in [0.15, 0.2) is 84.9 Å². The highest BCUT2D eigenvalue weighted by molar-refractivity contribution is 5.83. The highest BCUT2D eigenvalue weighted by Crippen LogP contribution is 2.16. The molecule has 4 rings (SSSR count). The van der Waals surface area contributed by atoms with E-state index < -0.39 is 0 Å². The van der Waals surface area contributed by atoms with Crippen LogP contribution in [0.2, 0.25) is 0 Å². The van der Waals surface area contributed by atoms with Crippen molar-refractivity contribution in [3.05, 3.63) is 96.1 Å². The van der Waals surface area contributed by atoms with Gasteiger partial charge in [0.05, 0.1) is 0 Å². The zero-order valence-corrected chi connectivity index (χ0v) is 19.2. The Labute approximate surface area is 193 Å². The Morgan fingerprint density at radius 1 is 0.406 bits per heavy atom. The maximum absolute atomic E-state index is 3.60. The minimum Gasteiger partial charge on any atom is -0.313 e. The number of nitrogens with one attached hydrogen (secondary N) is 2. The Morgan fingerprint density at radius 3 is 1.28 bits per heavy atom. The minimum atomic E-state index is 0.966. The van der Waals surface area contributed by atoms with Gasteiger partial charge < -0.3 is 10.6 Å². The van der Waals surface area contributed by atoms with E-state index >= 15 is 0 Å². The van der Waals surface area contributed by atoms with Crippen LogP contribution in [0.25, 0.3) is 21.5 Å². The first-order valence-corrected chi connectivity index (χ1v) is 12.3. The van der Waals surface area contributed by atoms with Crippen molar-refractivity contribution in [1.29, 1.82) is 0 Å². The van der Waals surface area contributed by atoms with Gasteiger partial charge in [0.1, 0.15) is 0 Å². The summed E-state index contributed by atoms with van der Waals surface area (Å²) < 4.78 is 0. The van der Waals surface area contributed by atoms with E-state index in [-0.39, 0.29) is 0 Å². The molecule has 32 heavy (non-hydrogen) atoms. The third-order valence-corrected chi connectivity index (χ3v) is 6.24. The Kier molecular flexibility index (Phi) is 8.71. The summed E-state index contributed by atoms with van der Waals surface area (Å²) in [7, 11) is 0. The van der Waals surface area contributed by atoms with Crippen LogP contribution in [0, 0.1) is 0 Å². The van der Waals surface area contributed by atoms with E-state index in [1.54, 1.807) is 0 Å². The summed E-state index contributed by atoms with van der Waals surface area (Å²) in [5.41, 5.74) is 2.75. The molecule has 0 atom stereocenters. The molecule has 0 aliphatic rings. The van der Waals surface area contributed by atoms with E-state index in [0.29, 0.717) is 0 Å². The fourth-order valence-electron chi connectivity index (χ4n) is 4.37. The monoisotopic (exact) mass is 424 g/mol. The average molecular weight is 425 g/mol. The topological polar surface area (TPSA) is 24.1 Å². The van der Waals surface area contributed by atoms with E-state index in [2.05, 4.69) is 95.6 Å². The molecule has 0 heterocycles. The van der Waals surface area contributed by atoms with Gasteiger partial charge in [-0.3, -0.25) is 0 Å². The molecule has 2 nitrogen and oxygen atoms in total. The molecule has 0 spiro atoms. The zero-order chi connectivity index (χ0) is 21.8. The lowest BCUT2D eigenvalue weighted by Gasteiger charge is -2.07. The summed E-state index contributed by atoms with van der Waals surface area (Å²) >= 11 is 0. The van der Waals surface area contributed by atoms with Crippen molar-refractivity contribution < 1.29 is 0 Å². The maximum atomic E-state index is 3.60. The minimum absolute atomic E-state index is 0.966. The molecule has 0 radical (unpaired) electrons. The molecule has 2 N–H and O–H groups in total. The highest BCUT2D eigenvalue weighted by Gasteiger charge is 1.98. The quantitative estimate of drug-likeness (QED) is 0.222. The van der Waals surface area contributed by atoms with Crippen LogP contribution in [0.1, 0.15) is 49.7 Å². The molecular weight excluding hydrogens is 388 g/mol. The molecule has 0 aliphatic carbocycles. The first kappa shape index (κ1) is 22.5. The third-order valence-electron chi connectivity index (χ3n) is 6.24. The largest absolute Gasteiger partial charge is 0.313 e. The van der Waals surface area contributed by atoms with Gasteiger partial charge in [0.25, 0.3) is 0 Å². The van der Waals surface area contributed by atoms with Crippen molar-refractivity contribution >= 4 is 21.5 Å². The summed E-state index contributed by atoms with van der Waals surface area (Å²) in [4.78, 5) is 0. The second-order valence-electron chi connectivity index (χ2n) is 8.84. The van der Waals surface area contributed by atoms with E-state index in [4.69, 9.17) is 0 Å². The smallest absolute Gasteiger partial charge is 0.0205 e. The van der Waals surface area contributed by atoms with Gasteiger partial charge >= 0.3 is 0 Å². The molecule has 4 aromatic rings. The first-order chi connectivity index (χ1) is 15.9. The van der Waals surface area contributed by atoms with Crippen LogP contribution in [0.3, 0.4) is 0 Å². The molecule has 0 bridgehead atoms. The van der Waals surface area contributed by atoms with Crippen LogP contribution in [0.4, 0.5) is 0 Å². The number of fused-ring (bicyclic) bond motifs is 2. The van der Waals surface area contributed by atoms with E-state index in [0.717, 1.165) is 26.2 Å². The van der Waals surface area contributed by atoms with Crippen LogP contribution in [-0.2, 0) is 13.1 Å². The third kappa shape index (κ3) is 6.91. The molecule has 0 fully saturated rings. The number of benzene rings is 4. The van der Waals surface area contributed by atoms with E-state index in [1.165, 1.54) is 71.2 Å². The summed E-state index contributed by atoms with van der Waals surface area (Å²) in [5, 5.41) is 12.5. The van der Waals surface area contributed by atoms with Gasteiger partial charge in [-0.15, -0.1) is 0 Å². The number of hydrogen-bond donors (Lipinski definition) is 2. The summed E-state index contributed by atoms with van der Waals surface area (Å²) in [6.07, 6.45) is 7.90. The van der Waals surface area contributed by atoms with Crippen LogP contribution < -0.4 is 10.6 Å². The first-order valence-electron chi connectivity index (χ1n) is 12.3. The van der Waals surface area contributed by atoms with Crippen LogP contribution in [-0.4, -0.2) is 13.1 Å². The van der Waals surface area contributed by atoms with Gasteiger partial charge in [0.2, 0.25) is 0 Å². The predicted octanol–water partition coefficient (Wildman–Crippen LogP) is 7.21. The summed E-state index contributed by atoms with van der Waals surface area (Å²) in [5.74, 6) is 0. The highest BCUT2D eigenvalue weighted by atomic mass is 14.8. The molecule has 0 saturated heterocycles. The number of hydrogen-bond acceptors (Lipinski definition) is 2. The Morgan fingerprint density at radius 2 is 0.812 bits per heavy atom. The molecule has 166 valence electrons. The lowest BCUT2D eigenvalue weighted by atomic mass is 10.1. The lowest BCUT2D eigenvalue weighted by Crippen LogP contribution is -2.15. The van der Waals surface area contributed by atoms with Crippen molar-refractivity contribution in [3.63, 3.8) is 0 Å². The SMILES string of the molecule is c1ccc2cc(CNCCCCCCCCNCc3ccc4ccccc4c3)ccc2c1. The summed E-state index contributed by atoms with van der Waals surface area (Å²) in [6, 6.07) is 30.7. The van der Waals surface area contributed by atoms with Gasteiger partial charge in [-0.2, -0.15) is 0 Å². The van der Waals surface area contributed by atoms with E-state index in [9.17, 15) is 0 Å². The zero-order valence-electron chi connectivity index (χ0n) is 19.2. The van der Waals surface area contributed by atoms with Gasteiger partial charge in [-0.05, 0) is 70.7 Å². The van der Waals surface area contributed by atoms with Gasteiger partial charge in [0.15, 0.2) is 0 Å². The summed E-state index contributed by atoms with van der Waals surface area (Å²) in [6.45, 7) is 4.15. The van der Waals surface area contributed by atoms with Gasteiger partial charge in [0, 0.05) is 13.1 Å². The van der Waals surface area contributed by atoms with E-state index in [1.807, 2.05) is 0 Å². The average Bonchev–Trinajstić information content (AvgIpc) is 2.84. The van der Waals surface area contributed by atoms with Crippen molar-refractivity contribution in [2.45, 2.75) is 51.6 Å². The molecule has 0 amide bonds. The molecule has 2 heteroatoms. The van der Waals surface area contributed by atoms with Crippen molar-refractivity contribution in [1.82, 2.24) is 10.6 Å². The maximum Gasteiger partial charge on any atom is 0.0205 e. The van der Waals surface area contributed by atoms with Gasteiger partial charge in [-0.1, -0.05) is 98.5 Å². The van der Waals surface area contributed by atoms with Crippen molar-refractivity contribution in [2.75, 3.05) is 13.1 Å². The van der Waals surface area contributed by atoms with Crippen LogP contribution >= 0.6 is 0 Å². The number of rotatable bonds is 13. The second-order valence-corrected chi connectivity index (χ2v) is 8.84. The molecular formula is C30H36N2. The Balaban J connectivity index is 0.990. The van der Waals surface area contributed by atoms with Gasteiger partial charge in [-0.25, -0.2) is 0 Å². The number of unbranched alkanes of at least 4 members (excludes halogenated alkanes) is 5. The fourth-order valence-corrected chi connectivity index (χ4v) is 4.37. The fraction of sp³-hybridized carbons (Fsp3) is 0.333. The molecule has 0 unspecified atom stereocenters. The lowest BCUT2D eigenvalue weighted by molar-refractivity contribution is 0.549. The van der Waals surface area contributed by atoms with Crippen LogP contribution in [0.5, 0.6) is 0 Å². The second kappa shape index (κ2) is 12.4. The Hall–Kier alpha value is -2.68. The molecule has 4 aromatic carbocycles. The molecule has 0 saturated carbocycles. The molecule has 0 aliphatic heterocycles. The predicted molar refractivity (Wildman–Crippen MR) is 139 cm³/mol. The molecule has 0 aromatic heterocycles. The standard InChI is InChI=1S/C30H36N2/c1(3-9-19-31-23-25-15-17-27-11-5-7-13-29(27)21-25)2-4-10-20-32-24-26-16-18-28-12-6-8-14-30(28)22-26/h5-8,11-18,21-22,31-32H,1-4,9-10,19-20,23-24H2. The Bertz CT molecular complexity index is 1010. The van der Waals surface area contributed by atoms with Crippen molar-refractivity contribution in [2.24, 2.45) is 0 Å². The normalized spacial score (nSPS) is 11.4.